The minimum Gasteiger partial charge on any atom is -0.462 e. The first-order chi connectivity index (χ1) is 9.51. The van der Waals surface area contributed by atoms with Crippen LogP contribution in [0.2, 0.25) is 0 Å². The SMILES string of the molecule is CCOC(=O)c1c(N)nsc1NC1CC(C)CC(C)C1. The van der Waals surface area contributed by atoms with E-state index in [4.69, 9.17) is 10.5 Å². The number of ether oxygens (including phenoxy) is 1. The summed E-state index contributed by atoms with van der Waals surface area (Å²) in [5.74, 6) is 1.27. The molecular weight excluding hydrogens is 274 g/mol. The summed E-state index contributed by atoms with van der Waals surface area (Å²) < 4.78 is 9.13. The fourth-order valence-electron chi connectivity index (χ4n) is 3.05. The molecule has 5 nitrogen and oxygen atoms in total. The monoisotopic (exact) mass is 297 g/mol. The van der Waals surface area contributed by atoms with Crippen molar-refractivity contribution in [1.82, 2.24) is 4.37 Å². The van der Waals surface area contributed by atoms with Crippen molar-refractivity contribution in [2.45, 2.75) is 46.1 Å². The van der Waals surface area contributed by atoms with E-state index >= 15 is 0 Å². The fourth-order valence-corrected chi connectivity index (χ4v) is 3.83. The van der Waals surface area contributed by atoms with E-state index in [0.717, 1.165) is 17.8 Å². The summed E-state index contributed by atoms with van der Waals surface area (Å²) in [6, 6.07) is 0.377. The Morgan fingerprint density at radius 1 is 1.40 bits per heavy atom. The molecule has 112 valence electrons. The van der Waals surface area contributed by atoms with Gasteiger partial charge in [0.15, 0.2) is 5.82 Å². The lowest BCUT2D eigenvalue weighted by molar-refractivity contribution is 0.0529. The van der Waals surface area contributed by atoms with Gasteiger partial charge < -0.3 is 15.8 Å². The third-order valence-electron chi connectivity index (χ3n) is 3.71. The number of hydrogen-bond acceptors (Lipinski definition) is 6. The summed E-state index contributed by atoms with van der Waals surface area (Å²) in [6.45, 7) is 6.67. The smallest absolute Gasteiger partial charge is 0.344 e. The van der Waals surface area contributed by atoms with Crippen molar-refractivity contribution in [2.24, 2.45) is 11.8 Å². The van der Waals surface area contributed by atoms with Crippen LogP contribution in [0.25, 0.3) is 0 Å². The van der Waals surface area contributed by atoms with E-state index < -0.39 is 5.97 Å². The van der Waals surface area contributed by atoms with E-state index in [-0.39, 0.29) is 5.82 Å². The van der Waals surface area contributed by atoms with Crippen LogP contribution in [-0.4, -0.2) is 23.0 Å². The van der Waals surface area contributed by atoms with Gasteiger partial charge in [-0.2, -0.15) is 4.37 Å². The number of anilines is 2. The molecule has 1 aliphatic carbocycles. The molecule has 20 heavy (non-hydrogen) atoms. The Bertz CT molecular complexity index is 465. The molecule has 1 aliphatic rings. The molecule has 0 spiro atoms. The zero-order valence-electron chi connectivity index (χ0n) is 12.3. The first-order valence-corrected chi connectivity index (χ1v) is 7.97. The van der Waals surface area contributed by atoms with Crippen molar-refractivity contribution in [2.75, 3.05) is 17.7 Å². The molecule has 1 fully saturated rings. The van der Waals surface area contributed by atoms with Crippen molar-refractivity contribution >= 4 is 28.3 Å². The van der Waals surface area contributed by atoms with E-state index in [2.05, 4.69) is 23.5 Å². The molecule has 2 rings (SSSR count). The minimum atomic E-state index is -0.391. The maximum atomic E-state index is 11.9. The Balaban J connectivity index is 2.11. The van der Waals surface area contributed by atoms with E-state index in [1.54, 1.807) is 6.92 Å². The molecule has 3 N–H and O–H groups in total. The van der Waals surface area contributed by atoms with Crippen LogP contribution in [0.4, 0.5) is 10.8 Å². The van der Waals surface area contributed by atoms with Crippen LogP contribution in [0.3, 0.4) is 0 Å². The van der Waals surface area contributed by atoms with Gasteiger partial charge in [-0.05, 0) is 49.6 Å². The van der Waals surface area contributed by atoms with Gasteiger partial charge in [0, 0.05) is 6.04 Å². The van der Waals surface area contributed by atoms with Gasteiger partial charge in [0.25, 0.3) is 0 Å². The maximum Gasteiger partial charge on any atom is 0.344 e. The van der Waals surface area contributed by atoms with E-state index in [0.29, 0.717) is 30.0 Å². The average Bonchev–Trinajstić information content (AvgIpc) is 2.69. The predicted molar refractivity (Wildman–Crippen MR) is 82.1 cm³/mol. The summed E-state index contributed by atoms with van der Waals surface area (Å²) in [6.07, 6.45) is 3.50. The second-order valence-corrected chi connectivity index (χ2v) is 6.52. The van der Waals surface area contributed by atoms with Crippen molar-refractivity contribution in [1.29, 1.82) is 0 Å². The highest BCUT2D eigenvalue weighted by Crippen LogP contribution is 2.34. The van der Waals surface area contributed by atoms with Crippen molar-refractivity contribution in [3.63, 3.8) is 0 Å². The molecule has 0 aliphatic heterocycles. The molecule has 0 aromatic carbocycles. The number of aromatic nitrogens is 1. The first kappa shape index (κ1) is 15.1. The summed E-state index contributed by atoms with van der Waals surface area (Å²) in [7, 11) is 0. The summed E-state index contributed by atoms with van der Waals surface area (Å²) in [5.41, 5.74) is 6.18. The Labute approximate surface area is 124 Å². The third kappa shape index (κ3) is 3.42. The number of carbonyl (C=O) groups excluding carboxylic acids is 1. The highest BCUT2D eigenvalue weighted by atomic mass is 32.1. The van der Waals surface area contributed by atoms with Gasteiger partial charge in [-0.15, -0.1) is 0 Å². The Hall–Kier alpha value is -1.30. The molecule has 1 aromatic rings. The molecule has 2 atom stereocenters. The number of nitrogens with two attached hydrogens (primary N) is 1. The van der Waals surface area contributed by atoms with E-state index in [9.17, 15) is 4.79 Å². The maximum absolute atomic E-state index is 11.9. The molecule has 1 aromatic heterocycles. The number of nitrogens with zero attached hydrogens (tertiary/aromatic N) is 1. The fraction of sp³-hybridized carbons (Fsp3) is 0.714. The number of carbonyl (C=O) groups is 1. The second kappa shape index (κ2) is 6.43. The molecule has 0 amide bonds. The predicted octanol–water partition coefficient (Wildman–Crippen LogP) is 3.14. The van der Waals surface area contributed by atoms with E-state index in [1.807, 2.05) is 0 Å². The average molecular weight is 297 g/mol. The molecule has 6 heteroatoms. The van der Waals surface area contributed by atoms with Crippen LogP contribution in [0.15, 0.2) is 0 Å². The second-order valence-electron chi connectivity index (χ2n) is 5.75. The molecule has 0 saturated heterocycles. The number of hydrogen-bond donors (Lipinski definition) is 2. The first-order valence-electron chi connectivity index (χ1n) is 7.20. The van der Waals surface area contributed by atoms with Gasteiger partial charge in [0.1, 0.15) is 10.6 Å². The lowest BCUT2D eigenvalue weighted by atomic mass is 9.80. The number of nitrogen functional groups attached to an aromatic ring is 1. The molecule has 0 bridgehead atoms. The zero-order valence-corrected chi connectivity index (χ0v) is 13.1. The van der Waals surface area contributed by atoms with Gasteiger partial charge >= 0.3 is 5.97 Å². The number of nitrogens with one attached hydrogen (secondary N) is 1. The normalized spacial score (nSPS) is 26.2. The zero-order chi connectivity index (χ0) is 14.7. The van der Waals surface area contributed by atoms with Crippen molar-refractivity contribution in [3.8, 4) is 0 Å². The molecule has 1 saturated carbocycles. The molecule has 2 unspecified atom stereocenters. The Morgan fingerprint density at radius 3 is 2.65 bits per heavy atom. The van der Waals surface area contributed by atoms with Gasteiger partial charge in [-0.3, -0.25) is 0 Å². The highest BCUT2D eigenvalue weighted by Gasteiger charge is 2.27. The number of esters is 1. The molecule has 0 radical (unpaired) electrons. The van der Waals surface area contributed by atoms with Gasteiger partial charge in [0.2, 0.25) is 0 Å². The van der Waals surface area contributed by atoms with Crippen LogP contribution in [0, 0.1) is 11.8 Å². The Morgan fingerprint density at radius 2 is 2.05 bits per heavy atom. The lowest BCUT2D eigenvalue weighted by Gasteiger charge is -2.32. The Kier molecular flexibility index (Phi) is 4.86. The van der Waals surface area contributed by atoms with Crippen molar-refractivity contribution in [3.05, 3.63) is 5.56 Å². The van der Waals surface area contributed by atoms with Crippen LogP contribution in [0.5, 0.6) is 0 Å². The molecule has 1 heterocycles. The topological polar surface area (TPSA) is 77.2 Å². The lowest BCUT2D eigenvalue weighted by Crippen LogP contribution is -2.30. The van der Waals surface area contributed by atoms with Crippen LogP contribution in [-0.2, 0) is 4.74 Å². The van der Waals surface area contributed by atoms with Crippen LogP contribution < -0.4 is 11.1 Å². The quantitative estimate of drug-likeness (QED) is 0.835. The van der Waals surface area contributed by atoms with Gasteiger partial charge in [-0.1, -0.05) is 13.8 Å². The van der Waals surface area contributed by atoms with Gasteiger partial charge in [-0.25, -0.2) is 4.79 Å². The van der Waals surface area contributed by atoms with E-state index in [1.165, 1.54) is 18.0 Å². The minimum absolute atomic E-state index is 0.257. The standard InChI is InChI=1S/C14H23N3O2S/c1-4-19-14(18)11-12(15)17-20-13(11)16-10-6-8(2)5-9(3)7-10/h8-10,16H,4-7H2,1-3H3,(H2,15,17). The van der Waals surface area contributed by atoms with Crippen LogP contribution in [0.1, 0.15) is 50.4 Å². The highest BCUT2D eigenvalue weighted by molar-refractivity contribution is 7.11. The summed E-state index contributed by atoms with van der Waals surface area (Å²) >= 11 is 1.24. The molecular formula is C14H23N3O2S. The van der Waals surface area contributed by atoms with Crippen LogP contribution >= 0.6 is 11.5 Å². The van der Waals surface area contributed by atoms with Gasteiger partial charge in [0.05, 0.1) is 6.61 Å². The van der Waals surface area contributed by atoms with Crippen molar-refractivity contribution < 1.29 is 9.53 Å². The summed E-state index contributed by atoms with van der Waals surface area (Å²) in [5, 5.41) is 4.19. The summed E-state index contributed by atoms with van der Waals surface area (Å²) in [4.78, 5) is 11.9. The third-order valence-corrected chi connectivity index (χ3v) is 4.50. The number of rotatable bonds is 4. The largest absolute Gasteiger partial charge is 0.462 e.